The summed E-state index contributed by atoms with van der Waals surface area (Å²) in [6, 6.07) is 9.91. The quantitative estimate of drug-likeness (QED) is 0.197. The van der Waals surface area contributed by atoms with Crippen molar-refractivity contribution in [3.8, 4) is 0 Å². The molecule has 2 aromatic rings. The Morgan fingerprint density at radius 1 is 0.977 bits per heavy atom. The van der Waals surface area contributed by atoms with E-state index in [1.54, 1.807) is 32.0 Å². The third kappa shape index (κ3) is 9.20. The summed E-state index contributed by atoms with van der Waals surface area (Å²) in [5.41, 5.74) is 1.64. The van der Waals surface area contributed by atoms with E-state index in [-0.39, 0.29) is 47.6 Å². The lowest BCUT2D eigenvalue weighted by molar-refractivity contribution is -0.139. The molecule has 8 nitrogen and oxygen atoms in total. The van der Waals surface area contributed by atoms with Gasteiger partial charge in [0.05, 0.1) is 78.5 Å². The van der Waals surface area contributed by atoms with Crippen LogP contribution in [-0.4, -0.2) is 58.6 Å². The van der Waals surface area contributed by atoms with Crippen LogP contribution in [-0.2, 0) is 41.3 Å². The average Bonchev–Trinajstić information content (AvgIpc) is 2.97. The monoisotopic (exact) mass is 644 g/mol. The molecule has 0 spiro atoms. The Bertz CT molecular complexity index is 1350. The van der Waals surface area contributed by atoms with Gasteiger partial charge in [0.1, 0.15) is 0 Å². The topological polar surface area (TPSA) is 95.1 Å². The van der Waals surface area contributed by atoms with Gasteiger partial charge in [-0.05, 0) is 43.2 Å². The molecular weight excluding hydrogens is 612 g/mol. The Labute approximate surface area is 258 Å². The number of ether oxygens (including phenoxy) is 4. The first-order valence-corrected chi connectivity index (χ1v) is 14.2. The summed E-state index contributed by atoms with van der Waals surface area (Å²) >= 11 is 12.8. The van der Waals surface area contributed by atoms with Gasteiger partial charge in [0.2, 0.25) is 0 Å². The van der Waals surface area contributed by atoms with Crippen LogP contribution in [0.3, 0.4) is 0 Å². The van der Waals surface area contributed by atoms with Gasteiger partial charge in [-0.15, -0.1) is 0 Å². The van der Waals surface area contributed by atoms with E-state index in [1.165, 1.54) is 19.2 Å². The van der Waals surface area contributed by atoms with E-state index >= 15 is 0 Å². The van der Waals surface area contributed by atoms with Crippen LogP contribution in [0.15, 0.2) is 65.0 Å². The minimum absolute atomic E-state index is 0.0237. The highest BCUT2D eigenvalue weighted by Crippen LogP contribution is 2.43. The first-order chi connectivity index (χ1) is 20.5. The second-order valence-electron chi connectivity index (χ2n) is 9.38. The van der Waals surface area contributed by atoms with Crippen LogP contribution in [0.25, 0.3) is 0 Å². The molecule has 234 valence electrons. The van der Waals surface area contributed by atoms with Crippen molar-refractivity contribution >= 4 is 35.1 Å². The molecule has 0 radical (unpaired) electrons. The van der Waals surface area contributed by atoms with Crippen molar-refractivity contribution in [2.24, 2.45) is 0 Å². The number of hydrogen-bond donors (Lipinski definition) is 2. The second kappa shape index (κ2) is 16.1. The van der Waals surface area contributed by atoms with Crippen LogP contribution in [0, 0.1) is 0 Å². The van der Waals surface area contributed by atoms with E-state index < -0.39 is 29.6 Å². The zero-order valence-corrected chi connectivity index (χ0v) is 25.4. The lowest BCUT2D eigenvalue weighted by Crippen LogP contribution is -2.35. The average molecular weight is 646 g/mol. The van der Waals surface area contributed by atoms with E-state index in [4.69, 9.17) is 42.1 Å². The number of halogens is 5. The molecule has 1 aliphatic rings. The van der Waals surface area contributed by atoms with E-state index in [9.17, 15) is 22.8 Å². The summed E-state index contributed by atoms with van der Waals surface area (Å²) in [5.74, 6) is -2.23. The summed E-state index contributed by atoms with van der Waals surface area (Å²) in [6.45, 7) is 5.08. The number of carbonyl (C=O) groups is 2. The number of nitrogens with one attached hydrogen (secondary N) is 2. The van der Waals surface area contributed by atoms with Crippen molar-refractivity contribution in [2.45, 2.75) is 32.5 Å². The zero-order chi connectivity index (χ0) is 31.6. The van der Waals surface area contributed by atoms with Gasteiger partial charge in [-0.3, -0.25) is 0 Å². The molecular formula is C30H33Cl2F3N2O6. The molecule has 0 saturated carbocycles. The lowest BCUT2D eigenvalue weighted by atomic mass is 9.80. The maximum absolute atomic E-state index is 13.2. The maximum Gasteiger partial charge on any atom is 0.416 e. The van der Waals surface area contributed by atoms with Crippen LogP contribution in [0.5, 0.6) is 0 Å². The van der Waals surface area contributed by atoms with E-state index in [0.29, 0.717) is 36.7 Å². The Morgan fingerprint density at radius 3 is 2.33 bits per heavy atom. The first kappa shape index (κ1) is 34.4. The molecule has 0 bridgehead atoms. The summed E-state index contributed by atoms with van der Waals surface area (Å²) < 4.78 is 59.8. The first-order valence-electron chi connectivity index (χ1n) is 13.4. The van der Waals surface area contributed by atoms with E-state index in [1.807, 2.05) is 0 Å². The van der Waals surface area contributed by atoms with E-state index in [0.717, 1.165) is 17.7 Å². The van der Waals surface area contributed by atoms with Crippen molar-refractivity contribution in [3.05, 3.63) is 91.7 Å². The number of alkyl halides is 3. The summed E-state index contributed by atoms with van der Waals surface area (Å²) in [7, 11) is 1.25. The third-order valence-corrected chi connectivity index (χ3v) is 7.32. The largest absolute Gasteiger partial charge is 0.466 e. The molecule has 0 saturated heterocycles. The van der Waals surface area contributed by atoms with Crippen molar-refractivity contribution < 1.29 is 41.7 Å². The smallest absolute Gasteiger partial charge is 0.416 e. The molecule has 3 rings (SSSR count). The van der Waals surface area contributed by atoms with Crippen LogP contribution in [0.2, 0.25) is 10.0 Å². The molecule has 43 heavy (non-hydrogen) atoms. The molecule has 0 fully saturated rings. The summed E-state index contributed by atoms with van der Waals surface area (Å²) in [5, 5.41) is 6.64. The fraction of sp³-hybridized carbons (Fsp3) is 0.400. The fourth-order valence-electron chi connectivity index (χ4n) is 4.48. The molecule has 2 aromatic carbocycles. The summed E-state index contributed by atoms with van der Waals surface area (Å²) in [4.78, 5) is 26.1. The minimum atomic E-state index is -4.36. The minimum Gasteiger partial charge on any atom is -0.466 e. The van der Waals surface area contributed by atoms with Gasteiger partial charge in [0, 0.05) is 18.8 Å². The van der Waals surface area contributed by atoms with Crippen molar-refractivity contribution in [3.63, 3.8) is 0 Å². The SMILES string of the molecule is CCOC(=O)C1=C(COCCOCCNCc2ccc(C(F)(F)F)cc2)NC(C)=C(C(=O)OC)C1c1cccc(Cl)c1Cl. The lowest BCUT2D eigenvalue weighted by Gasteiger charge is -2.31. The number of benzene rings is 2. The molecule has 1 aliphatic heterocycles. The van der Waals surface area contributed by atoms with Crippen LogP contribution in [0.1, 0.15) is 36.5 Å². The second-order valence-corrected chi connectivity index (χ2v) is 10.2. The molecule has 0 aromatic heterocycles. The predicted octanol–water partition coefficient (Wildman–Crippen LogP) is 5.79. The molecule has 0 aliphatic carbocycles. The van der Waals surface area contributed by atoms with Crippen molar-refractivity contribution in [1.82, 2.24) is 10.6 Å². The number of hydrogen-bond acceptors (Lipinski definition) is 8. The van der Waals surface area contributed by atoms with Gasteiger partial charge in [-0.25, -0.2) is 9.59 Å². The molecule has 1 heterocycles. The van der Waals surface area contributed by atoms with Crippen LogP contribution < -0.4 is 10.6 Å². The van der Waals surface area contributed by atoms with Gasteiger partial charge in [0.25, 0.3) is 0 Å². The van der Waals surface area contributed by atoms with Gasteiger partial charge >= 0.3 is 18.1 Å². The van der Waals surface area contributed by atoms with Gasteiger partial charge in [0.15, 0.2) is 0 Å². The molecule has 13 heteroatoms. The highest BCUT2D eigenvalue weighted by molar-refractivity contribution is 6.42. The Morgan fingerprint density at radius 2 is 1.67 bits per heavy atom. The van der Waals surface area contributed by atoms with E-state index in [2.05, 4.69) is 10.6 Å². The van der Waals surface area contributed by atoms with Crippen LogP contribution in [0.4, 0.5) is 13.2 Å². The zero-order valence-electron chi connectivity index (χ0n) is 23.9. The Balaban J connectivity index is 1.61. The fourth-order valence-corrected chi connectivity index (χ4v) is 4.89. The third-order valence-electron chi connectivity index (χ3n) is 6.49. The number of rotatable bonds is 14. The maximum atomic E-state index is 13.2. The molecule has 1 atom stereocenters. The van der Waals surface area contributed by atoms with Crippen molar-refractivity contribution in [2.75, 3.05) is 46.7 Å². The molecule has 0 amide bonds. The van der Waals surface area contributed by atoms with Crippen molar-refractivity contribution in [1.29, 1.82) is 0 Å². The summed E-state index contributed by atoms with van der Waals surface area (Å²) in [6.07, 6.45) is -4.36. The van der Waals surface area contributed by atoms with Crippen LogP contribution >= 0.6 is 23.2 Å². The highest BCUT2D eigenvalue weighted by Gasteiger charge is 2.40. The Kier molecular flexibility index (Phi) is 12.9. The predicted molar refractivity (Wildman–Crippen MR) is 156 cm³/mol. The number of esters is 2. The van der Waals surface area contributed by atoms with Gasteiger partial charge < -0.3 is 29.6 Å². The number of carbonyl (C=O) groups excluding carboxylic acids is 2. The number of methoxy groups -OCH3 is 1. The normalized spacial score (nSPS) is 15.4. The highest BCUT2D eigenvalue weighted by atomic mass is 35.5. The van der Waals surface area contributed by atoms with Gasteiger partial charge in [-0.2, -0.15) is 13.2 Å². The molecule has 1 unspecified atom stereocenters. The Hall–Kier alpha value is -3.09. The molecule has 2 N–H and O–H groups in total. The number of dihydropyridines is 1. The van der Waals surface area contributed by atoms with Gasteiger partial charge in [-0.1, -0.05) is 47.5 Å². The number of allylic oxidation sites excluding steroid dienone is 1. The standard InChI is InChI=1S/C30H33Cl2F3N2O6/c1-4-43-29(39)26-23(37-18(2)24(28(38)40-3)25(26)21-6-5-7-22(31)27(21)32)17-42-15-14-41-13-12-36-16-19-8-10-20(11-9-19)30(33,34)35/h5-11,25,36-37H,4,12-17H2,1-3H3.